The number of ether oxygens (including phenoxy) is 2. The zero-order chi connectivity index (χ0) is 27.7. The molecule has 3 atom stereocenters. The van der Waals surface area contributed by atoms with Crippen molar-refractivity contribution in [2.45, 2.75) is 31.2 Å². The highest BCUT2D eigenvalue weighted by Gasteiger charge is 2.36. The fourth-order valence-electron chi connectivity index (χ4n) is 4.83. The van der Waals surface area contributed by atoms with Crippen LogP contribution in [0.4, 0.5) is 18.9 Å². The molecule has 2 saturated heterocycles. The molecule has 1 N–H and O–H groups in total. The molecule has 39 heavy (non-hydrogen) atoms. The molecule has 2 aliphatic heterocycles. The first-order valence-electron chi connectivity index (χ1n) is 12.4. The molecule has 5 rings (SSSR count). The molecule has 3 aromatic rings. The van der Waals surface area contributed by atoms with Crippen LogP contribution in [0, 0.1) is 5.82 Å². The molecule has 0 unspecified atom stereocenters. The zero-order valence-electron chi connectivity index (χ0n) is 21.1. The van der Waals surface area contributed by atoms with E-state index in [9.17, 15) is 26.4 Å². The first-order valence-corrected chi connectivity index (χ1v) is 13.9. The van der Waals surface area contributed by atoms with Gasteiger partial charge in [-0.15, -0.1) is 0 Å². The molecule has 0 bridgehead atoms. The number of aromatic nitrogens is 2. The van der Waals surface area contributed by atoms with Gasteiger partial charge in [0.15, 0.2) is 0 Å². The second-order valence-corrected chi connectivity index (χ2v) is 11.3. The lowest BCUT2D eigenvalue weighted by Crippen LogP contribution is -2.42. The number of alkyl halides is 2. The number of benzene rings is 1. The molecule has 2 aromatic heterocycles. The Morgan fingerprint density at radius 1 is 1.31 bits per heavy atom. The Morgan fingerprint density at radius 3 is 2.87 bits per heavy atom. The minimum atomic E-state index is -4.28. The van der Waals surface area contributed by atoms with Crippen LogP contribution in [-0.2, 0) is 14.9 Å². The zero-order valence-corrected chi connectivity index (χ0v) is 21.9. The number of anilines is 1. The molecule has 0 spiro atoms. The molecule has 0 aliphatic carbocycles. The number of carbonyl (C=O) groups is 1. The molecule has 14 heteroatoms. The fraction of sp³-hybridized carbons (Fsp3) is 0.440. The lowest BCUT2D eigenvalue weighted by atomic mass is 10.0. The summed E-state index contributed by atoms with van der Waals surface area (Å²) < 4.78 is 82.0. The number of amides is 1. The number of pyridine rings is 1. The van der Waals surface area contributed by atoms with Crippen LogP contribution in [0.3, 0.4) is 0 Å². The fourth-order valence-corrected chi connectivity index (χ4v) is 5.64. The van der Waals surface area contributed by atoms with E-state index in [1.54, 1.807) is 23.2 Å². The summed E-state index contributed by atoms with van der Waals surface area (Å²) in [5.41, 5.74) is 1.26. The largest absolute Gasteiger partial charge is 0.488 e. The van der Waals surface area contributed by atoms with Crippen molar-refractivity contribution in [1.29, 1.82) is 0 Å². The number of hydrogen-bond donors (Lipinski definition) is 1. The summed E-state index contributed by atoms with van der Waals surface area (Å²) in [5, 5.41) is 0. The number of carbonyl (C=O) groups excluding carboxylic acids is 1. The van der Waals surface area contributed by atoms with Gasteiger partial charge in [-0.3, -0.25) is 9.20 Å². The Bertz CT molecular complexity index is 1460. The van der Waals surface area contributed by atoms with Crippen molar-refractivity contribution in [2.75, 3.05) is 44.9 Å². The second-order valence-electron chi connectivity index (χ2n) is 9.49. The van der Waals surface area contributed by atoms with Gasteiger partial charge in [0.25, 0.3) is 5.91 Å². The minimum absolute atomic E-state index is 0.0112. The third-order valence-corrected chi connectivity index (χ3v) is 8.29. The molecule has 1 amide bonds. The van der Waals surface area contributed by atoms with Crippen LogP contribution in [0.1, 0.15) is 34.9 Å². The first kappa shape index (κ1) is 27.2. The van der Waals surface area contributed by atoms with E-state index in [4.69, 9.17) is 9.47 Å². The third kappa shape index (κ3) is 5.68. The minimum Gasteiger partial charge on any atom is -0.488 e. The number of nitrogens with one attached hydrogen (secondary N) is 1. The van der Waals surface area contributed by atoms with E-state index in [1.165, 1.54) is 28.8 Å². The summed E-state index contributed by atoms with van der Waals surface area (Å²) >= 11 is 0. The average Bonchev–Trinajstić information content (AvgIpc) is 3.64. The number of fused-ring (bicyclic) bond motifs is 1. The van der Waals surface area contributed by atoms with Gasteiger partial charge in [-0.1, -0.05) is 0 Å². The summed E-state index contributed by atoms with van der Waals surface area (Å²) in [4.78, 5) is 18.8. The van der Waals surface area contributed by atoms with E-state index >= 15 is 0 Å². The highest BCUT2D eigenvalue weighted by atomic mass is 32.2. The Hall–Kier alpha value is -3.36. The van der Waals surface area contributed by atoms with Crippen molar-refractivity contribution in [3.05, 3.63) is 59.8 Å². The lowest BCUT2D eigenvalue weighted by Gasteiger charge is -2.29. The van der Waals surface area contributed by atoms with Crippen LogP contribution >= 0.6 is 0 Å². The van der Waals surface area contributed by atoms with E-state index < -0.39 is 47.4 Å². The molecular weight excluding hydrogens is 539 g/mol. The van der Waals surface area contributed by atoms with Crippen molar-refractivity contribution in [1.82, 2.24) is 18.4 Å². The van der Waals surface area contributed by atoms with Gasteiger partial charge in [-0.05, 0) is 30.3 Å². The summed E-state index contributed by atoms with van der Waals surface area (Å²) in [6.45, 7) is -0.336. The quantitative estimate of drug-likeness (QED) is 0.424. The SMILES string of the molecule is CN(CCF)S(=O)(=O)NC(=O)c1cnc2ccc(N3C[C@@H](F)C[C@@H]3c3cc(F)ccc3O[C@@H]3CCOC3)cn12. The average molecular weight is 568 g/mol. The molecule has 10 nitrogen and oxygen atoms in total. The second kappa shape index (κ2) is 11.0. The number of imidazole rings is 1. The van der Waals surface area contributed by atoms with Crippen molar-refractivity contribution in [3.8, 4) is 5.75 Å². The van der Waals surface area contributed by atoms with Crippen molar-refractivity contribution in [2.24, 2.45) is 0 Å². The van der Waals surface area contributed by atoms with Gasteiger partial charge in [0.05, 0.1) is 31.1 Å². The van der Waals surface area contributed by atoms with E-state index in [0.717, 1.165) is 7.05 Å². The molecular formula is C25H28F3N5O5S. The number of halogens is 3. The molecule has 210 valence electrons. The number of hydrogen-bond acceptors (Lipinski definition) is 7. The van der Waals surface area contributed by atoms with Gasteiger partial charge in [0.2, 0.25) is 0 Å². The van der Waals surface area contributed by atoms with Gasteiger partial charge in [-0.2, -0.15) is 12.7 Å². The van der Waals surface area contributed by atoms with Crippen LogP contribution in [0.2, 0.25) is 0 Å². The summed E-state index contributed by atoms with van der Waals surface area (Å²) in [5.74, 6) is -1.00. The number of rotatable bonds is 9. The third-order valence-electron chi connectivity index (χ3n) is 6.85. The van der Waals surface area contributed by atoms with E-state index in [-0.39, 0.29) is 24.8 Å². The molecule has 2 aliphatic rings. The van der Waals surface area contributed by atoms with Crippen molar-refractivity contribution < 1.29 is 35.9 Å². The van der Waals surface area contributed by atoms with E-state index in [0.29, 0.717) is 46.6 Å². The van der Waals surface area contributed by atoms with E-state index in [2.05, 4.69) is 4.98 Å². The monoisotopic (exact) mass is 567 g/mol. The van der Waals surface area contributed by atoms with Crippen LogP contribution in [0.25, 0.3) is 5.65 Å². The highest BCUT2D eigenvalue weighted by molar-refractivity contribution is 7.87. The summed E-state index contributed by atoms with van der Waals surface area (Å²) in [6.07, 6.45) is 2.14. The Labute approximate surface area is 223 Å². The smallest absolute Gasteiger partial charge is 0.303 e. The molecule has 1 aromatic carbocycles. The maximum absolute atomic E-state index is 14.8. The summed E-state index contributed by atoms with van der Waals surface area (Å²) in [7, 11) is -3.13. The summed E-state index contributed by atoms with van der Waals surface area (Å²) in [6, 6.07) is 6.91. The maximum atomic E-state index is 14.8. The van der Waals surface area contributed by atoms with Gasteiger partial charge in [0.1, 0.15) is 41.9 Å². The van der Waals surface area contributed by atoms with E-state index in [1.807, 2.05) is 4.72 Å². The lowest BCUT2D eigenvalue weighted by molar-refractivity contribution is 0.0973. The molecule has 0 saturated carbocycles. The van der Waals surface area contributed by atoms with Crippen molar-refractivity contribution >= 4 is 27.5 Å². The predicted molar refractivity (Wildman–Crippen MR) is 136 cm³/mol. The highest BCUT2D eigenvalue weighted by Crippen LogP contribution is 2.42. The Kier molecular flexibility index (Phi) is 7.69. The van der Waals surface area contributed by atoms with Crippen LogP contribution in [-0.4, -0.2) is 80.3 Å². The Morgan fingerprint density at radius 2 is 2.13 bits per heavy atom. The maximum Gasteiger partial charge on any atom is 0.303 e. The number of nitrogens with zero attached hydrogens (tertiary/aromatic N) is 4. The molecule has 2 fully saturated rings. The predicted octanol–water partition coefficient (Wildman–Crippen LogP) is 2.81. The van der Waals surface area contributed by atoms with Gasteiger partial charge in [-0.25, -0.2) is 22.9 Å². The standard InChI is InChI=1S/C25H28F3N5O5S/c1-31(8-7-26)39(35,36)30-25(34)22-12-29-24-5-3-18(14-33(22)24)32-13-17(28)11-21(32)20-10-16(27)2-4-23(20)38-19-6-9-37-15-19/h2-5,10,12,14,17,19,21H,6-9,11,13,15H2,1H3,(H,30,34)/t17-,19+,21+/m0/s1. The van der Waals surface area contributed by atoms with Gasteiger partial charge in [0, 0.05) is 44.7 Å². The van der Waals surface area contributed by atoms with Crippen LogP contribution in [0.15, 0.2) is 42.7 Å². The van der Waals surface area contributed by atoms with Gasteiger partial charge < -0.3 is 14.4 Å². The topological polar surface area (TPSA) is 105 Å². The first-order chi connectivity index (χ1) is 18.7. The molecule has 0 radical (unpaired) electrons. The van der Waals surface area contributed by atoms with Crippen LogP contribution in [0.5, 0.6) is 5.75 Å². The Balaban J connectivity index is 1.46. The molecule has 4 heterocycles. The van der Waals surface area contributed by atoms with Crippen LogP contribution < -0.4 is 14.4 Å². The van der Waals surface area contributed by atoms with Gasteiger partial charge >= 0.3 is 10.2 Å². The normalized spacial score (nSPS) is 21.7. The van der Waals surface area contributed by atoms with Crippen molar-refractivity contribution in [3.63, 3.8) is 0 Å².